The lowest BCUT2D eigenvalue weighted by Gasteiger charge is -2.45. The number of aliphatic hydroxyl groups is 1. The van der Waals surface area contributed by atoms with Gasteiger partial charge in [0.1, 0.15) is 5.03 Å². The Kier molecular flexibility index (Phi) is 2.50. The molecule has 0 aromatic rings. The van der Waals surface area contributed by atoms with Gasteiger partial charge in [0, 0.05) is 5.41 Å². The number of ether oxygens (including phenoxy) is 1. The van der Waals surface area contributed by atoms with Crippen molar-refractivity contribution in [3.05, 3.63) is 23.4 Å². The Morgan fingerprint density at radius 2 is 2.14 bits per heavy atom. The fourth-order valence-corrected chi connectivity index (χ4v) is 1.78. The zero-order chi connectivity index (χ0) is 11.1. The highest BCUT2D eigenvalue weighted by molar-refractivity contribution is 6.47. The molecule has 1 atom stereocenters. The molecule has 0 saturated heterocycles. The molecule has 0 bridgehead atoms. The molecule has 1 unspecified atom stereocenters. The van der Waals surface area contributed by atoms with E-state index in [1.807, 2.05) is 0 Å². The fourth-order valence-electron chi connectivity index (χ4n) is 1.43. The Balaban J connectivity index is 3.24. The number of carbonyl (C=O) groups excluding carboxylic acids is 1. The third-order valence-corrected chi connectivity index (χ3v) is 3.05. The van der Waals surface area contributed by atoms with Crippen molar-refractivity contribution in [2.75, 3.05) is 7.11 Å². The van der Waals surface area contributed by atoms with Crippen LogP contribution < -0.4 is 0 Å². The molecule has 78 valence electrons. The van der Waals surface area contributed by atoms with Crippen LogP contribution in [0.15, 0.2) is 23.4 Å². The average molecular weight is 217 g/mol. The highest BCUT2D eigenvalue weighted by Gasteiger charge is 2.61. The van der Waals surface area contributed by atoms with Crippen LogP contribution in [-0.2, 0) is 9.53 Å². The van der Waals surface area contributed by atoms with Crippen molar-refractivity contribution in [1.29, 1.82) is 0 Å². The smallest absolute Gasteiger partial charge is 0.217 e. The van der Waals surface area contributed by atoms with Gasteiger partial charge in [0.05, 0.1) is 7.11 Å². The minimum absolute atomic E-state index is 0.0371. The number of Topliss-reactive ketones (excluding diaryl/α,β-unsaturated/α-hetero) is 1. The van der Waals surface area contributed by atoms with Gasteiger partial charge in [-0.2, -0.15) is 0 Å². The van der Waals surface area contributed by atoms with Crippen LogP contribution in [0.5, 0.6) is 0 Å². The van der Waals surface area contributed by atoms with Crippen LogP contribution in [0.3, 0.4) is 0 Å². The van der Waals surface area contributed by atoms with Crippen LogP contribution in [0.4, 0.5) is 0 Å². The molecule has 0 amide bonds. The van der Waals surface area contributed by atoms with Crippen LogP contribution in [0.1, 0.15) is 13.8 Å². The molecule has 0 aromatic carbocycles. The predicted molar refractivity (Wildman–Crippen MR) is 53.8 cm³/mol. The van der Waals surface area contributed by atoms with Crippen molar-refractivity contribution in [1.82, 2.24) is 0 Å². The molecule has 0 fully saturated rings. The summed E-state index contributed by atoms with van der Waals surface area (Å²) in [5, 5.41) is 10.1. The number of halogens is 1. The number of hydrogen-bond acceptors (Lipinski definition) is 3. The van der Waals surface area contributed by atoms with E-state index in [2.05, 4.69) is 6.58 Å². The Morgan fingerprint density at radius 1 is 1.64 bits per heavy atom. The highest BCUT2D eigenvalue weighted by atomic mass is 35.5. The Morgan fingerprint density at radius 3 is 2.50 bits per heavy atom. The topological polar surface area (TPSA) is 46.5 Å². The van der Waals surface area contributed by atoms with Crippen molar-refractivity contribution < 1.29 is 14.6 Å². The molecule has 3 nitrogen and oxygen atoms in total. The van der Waals surface area contributed by atoms with Gasteiger partial charge in [-0.3, -0.25) is 4.79 Å². The molecule has 1 N–H and O–H groups in total. The monoisotopic (exact) mass is 216 g/mol. The maximum absolute atomic E-state index is 11.5. The number of rotatable bonds is 3. The second-order valence-corrected chi connectivity index (χ2v) is 4.19. The summed E-state index contributed by atoms with van der Waals surface area (Å²) in [4.78, 5) is 11.5. The molecule has 0 heterocycles. The van der Waals surface area contributed by atoms with Gasteiger partial charge < -0.3 is 9.84 Å². The third-order valence-electron chi connectivity index (χ3n) is 2.70. The number of hydrogen-bond donors (Lipinski definition) is 1. The van der Waals surface area contributed by atoms with Gasteiger partial charge in [0.15, 0.2) is 11.4 Å². The lowest BCUT2D eigenvalue weighted by molar-refractivity contribution is -0.149. The summed E-state index contributed by atoms with van der Waals surface area (Å²) in [6.45, 7) is 6.96. The molecule has 1 rings (SSSR count). The molecule has 0 spiro atoms. The molecule has 0 aromatic heterocycles. The first-order valence-corrected chi connectivity index (χ1v) is 4.55. The van der Waals surface area contributed by atoms with Crippen molar-refractivity contribution >= 4 is 17.4 Å². The average Bonchev–Trinajstić information content (AvgIpc) is 2.17. The second-order valence-electron chi connectivity index (χ2n) is 3.81. The van der Waals surface area contributed by atoms with Gasteiger partial charge in [0.25, 0.3) is 0 Å². The van der Waals surface area contributed by atoms with Gasteiger partial charge in [-0.05, 0) is 0 Å². The number of carbonyl (C=O) groups is 1. The summed E-state index contributed by atoms with van der Waals surface area (Å²) in [6.07, 6.45) is 1.51. The largest absolute Gasteiger partial charge is 0.496 e. The molecule has 1 aliphatic rings. The molecule has 0 radical (unpaired) electrons. The van der Waals surface area contributed by atoms with Gasteiger partial charge in [-0.1, -0.05) is 31.5 Å². The summed E-state index contributed by atoms with van der Waals surface area (Å²) in [6, 6.07) is 0. The summed E-state index contributed by atoms with van der Waals surface area (Å²) in [7, 11) is 1.37. The maximum Gasteiger partial charge on any atom is 0.217 e. The van der Waals surface area contributed by atoms with E-state index in [4.69, 9.17) is 16.3 Å². The van der Waals surface area contributed by atoms with Crippen molar-refractivity contribution in [2.24, 2.45) is 5.41 Å². The van der Waals surface area contributed by atoms with E-state index in [1.54, 1.807) is 13.8 Å². The van der Waals surface area contributed by atoms with Crippen LogP contribution in [0.2, 0.25) is 0 Å². The zero-order valence-corrected chi connectivity index (χ0v) is 9.18. The SMILES string of the molecule is C=CC(C)(C)C1(O)C(=O)C(Cl)=C1OC. The van der Waals surface area contributed by atoms with Gasteiger partial charge in [-0.15, -0.1) is 6.58 Å². The van der Waals surface area contributed by atoms with Crippen LogP contribution >= 0.6 is 11.6 Å². The molecule has 1 aliphatic carbocycles. The van der Waals surface area contributed by atoms with Crippen molar-refractivity contribution in [3.63, 3.8) is 0 Å². The van der Waals surface area contributed by atoms with Gasteiger partial charge >= 0.3 is 0 Å². The maximum atomic E-state index is 11.5. The number of ketones is 1. The quantitative estimate of drug-likeness (QED) is 0.730. The predicted octanol–water partition coefficient (Wildman–Crippen LogP) is 1.61. The van der Waals surface area contributed by atoms with Gasteiger partial charge in [0.2, 0.25) is 5.78 Å². The van der Waals surface area contributed by atoms with Crippen molar-refractivity contribution in [2.45, 2.75) is 19.4 Å². The lowest BCUT2D eigenvalue weighted by Crippen LogP contribution is -2.59. The highest BCUT2D eigenvalue weighted by Crippen LogP contribution is 2.49. The summed E-state index contributed by atoms with van der Waals surface area (Å²) < 4.78 is 4.90. The van der Waals surface area contributed by atoms with Gasteiger partial charge in [-0.25, -0.2) is 0 Å². The normalized spacial score (nSPS) is 27.4. The van der Waals surface area contributed by atoms with E-state index >= 15 is 0 Å². The molecule has 0 aliphatic heterocycles. The van der Waals surface area contributed by atoms with E-state index in [0.29, 0.717) is 0 Å². The first-order chi connectivity index (χ1) is 6.32. The van der Waals surface area contributed by atoms with Crippen molar-refractivity contribution in [3.8, 4) is 0 Å². The van der Waals surface area contributed by atoms with E-state index in [9.17, 15) is 9.90 Å². The second kappa shape index (κ2) is 3.11. The van der Waals surface area contributed by atoms with E-state index in [-0.39, 0.29) is 10.8 Å². The molecular weight excluding hydrogens is 204 g/mol. The van der Waals surface area contributed by atoms with Crippen LogP contribution in [-0.4, -0.2) is 23.6 Å². The fraction of sp³-hybridized carbons (Fsp3) is 0.500. The molecule has 4 heteroatoms. The van der Waals surface area contributed by atoms with Crippen LogP contribution in [0, 0.1) is 5.41 Å². The standard InChI is InChI=1S/C10H13ClO3/c1-5-9(2,3)10(13)7(12)6(11)8(10)14-4/h5,13H,1H2,2-4H3. The van der Waals surface area contributed by atoms with E-state index in [1.165, 1.54) is 13.2 Å². The summed E-state index contributed by atoms with van der Waals surface area (Å²) in [5.41, 5.74) is -2.46. The third kappa shape index (κ3) is 1.06. The van der Waals surface area contributed by atoms with Crippen LogP contribution in [0.25, 0.3) is 0 Å². The minimum atomic E-state index is -1.67. The summed E-state index contributed by atoms with van der Waals surface area (Å²) in [5.74, 6) is -0.394. The Labute approximate surface area is 88.0 Å². The first-order valence-electron chi connectivity index (χ1n) is 4.18. The minimum Gasteiger partial charge on any atom is -0.496 e. The summed E-state index contributed by atoms with van der Waals surface area (Å²) >= 11 is 5.62. The Bertz CT molecular complexity index is 330. The van der Waals surface area contributed by atoms with E-state index < -0.39 is 16.8 Å². The zero-order valence-electron chi connectivity index (χ0n) is 8.43. The Hall–Kier alpha value is -0.800. The molecule has 14 heavy (non-hydrogen) atoms. The first kappa shape index (κ1) is 11.3. The van der Waals surface area contributed by atoms with E-state index in [0.717, 1.165) is 0 Å². The lowest BCUT2D eigenvalue weighted by atomic mass is 9.65. The molecular formula is C10H13ClO3. The number of methoxy groups -OCH3 is 1. The molecule has 0 saturated carbocycles.